The van der Waals surface area contributed by atoms with Crippen LogP contribution in [-0.4, -0.2) is 17.0 Å². The molecule has 0 atom stereocenters. The molecule has 4 rings (SSSR count). The molecule has 3 aromatic carbocycles. The van der Waals surface area contributed by atoms with Crippen LogP contribution in [0.5, 0.6) is 0 Å². The number of rotatable bonds is 3. The molecule has 2 amide bonds. The van der Waals surface area contributed by atoms with Crippen LogP contribution in [0.4, 0.5) is 0 Å². The summed E-state index contributed by atoms with van der Waals surface area (Å²) >= 11 is 0. The van der Waals surface area contributed by atoms with Crippen molar-refractivity contribution in [1.29, 1.82) is 0 Å². The number of fused-ring (bicyclic) bond motifs is 1. The van der Waals surface area contributed by atoms with E-state index >= 15 is 0 Å². The predicted octanol–water partition coefficient (Wildman–Crippen LogP) is 3.88. The summed E-state index contributed by atoms with van der Waals surface area (Å²) in [5, 5.41) is 4.77. The second-order valence-electron chi connectivity index (χ2n) is 6.33. The molecule has 0 saturated carbocycles. The minimum absolute atomic E-state index is 0.373. The summed E-state index contributed by atoms with van der Waals surface area (Å²) in [4.78, 5) is 24.8. The van der Waals surface area contributed by atoms with Crippen molar-refractivity contribution in [3.63, 3.8) is 0 Å². The summed E-state index contributed by atoms with van der Waals surface area (Å²) in [6.45, 7) is 1.83. The second kappa shape index (κ2) is 7.36. The predicted molar refractivity (Wildman–Crippen MR) is 106 cm³/mol. The third-order valence-corrected chi connectivity index (χ3v) is 4.45. The summed E-state index contributed by atoms with van der Waals surface area (Å²) in [5.41, 5.74) is 8.14. The number of carbonyl (C=O) groups is 2. The number of nitrogens with one attached hydrogen (secondary N) is 2. The first-order valence-electron chi connectivity index (χ1n) is 8.74. The lowest BCUT2D eigenvalue weighted by atomic mass is 10.1. The van der Waals surface area contributed by atoms with Gasteiger partial charge in [0.25, 0.3) is 11.8 Å². The molecule has 0 aliphatic rings. The molecule has 0 aliphatic carbocycles. The van der Waals surface area contributed by atoms with Crippen LogP contribution in [0.25, 0.3) is 22.2 Å². The fourth-order valence-electron chi connectivity index (χ4n) is 2.96. The summed E-state index contributed by atoms with van der Waals surface area (Å²) < 4.78 is 5.45. The highest BCUT2D eigenvalue weighted by Crippen LogP contribution is 2.29. The SMILES string of the molecule is Cc1ccccc1C(=O)NNC(=O)c1ccc2noc(-c3ccccc3)c2c1. The molecular formula is C22H17N3O3. The first kappa shape index (κ1) is 17.5. The van der Waals surface area contributed by atoms with Gasteiger partial charge in [0.2, 0.25) is 0 Å². The van der Waals surface area contributed by atoms with E-state index in [0.717, 1.165) is 16.5 Å². The molecule has 6 nitrogen and oxygen atoms in total. The highest BCUT2D eigenvalue weighted by Gasteiger charge is 2.15. The molecule has 4 aromatic rings. The van der Waals surface area contributed by atoms with Crippen molar-refractivity contribution in [3.05, 3.63) is 89.5 Å². The standard InChI is InChI=1S/C22H17N3O3/c1-14-7-5-6-10-17(14)22(27)24-23-21(26)16-11-12-19-18(13-16)20(28-25-19)15-8-3-2-4-9-15/h2-13H,1H3,(H,23,26)(H,24,27). The van der Waals surface area contributed by atoms with Gasteiger partial charge in [0.15, 0.2) is 5.76 Å². The third-order valence-electron chi connectivity index (χ3n) is 4.45. The maximum absolute atomic E-state index is 12.5. The highest BCUT2D eigenvalue weighted by atomic mass is 16.5. The highest BCUT2D eigenvalue weighted by molar-refractivity contribution is 6.03. The van der Waals surface area contributed by atoms with E-state index in [-0.39, 0.29) is 5.91 Å². The van der Waals surface area contributed by atoms with E-state index in [4.69, 9.17) is 4.52 Å². The number of hydrogen-bond acceptors (Lipinski definition) is 4. The largest absolute Gasteiger partial charge is 0.355 e. The van der Waals surface area contributed by atoms with E-state index in [1.165, 1.54) is 0 Å². The number of hydrazine groups is 1. The quantitative estimate of drug-likeness (QED) is 0.535. The van der Waals surface area contributed by atoms with Crippen molar-refractivity contribution in [2.24, 2.45) is 0 Å². The molecule has 0 bridgehead atoms. The zero-order valence-corrected chi connectivity index (χ0v) is 15.1. The summed E-state index contributed by atoms with van der Waals surface area (Å²) in [6.07, 6.45) is 0. The van der Waals surface area contributed by atoms with Gasteiger partial charge in [-0.2, -0.15) is 0 Å². The summed E-state index contributed by atoms with van der Waals surface area (Å²) in [6, 6.07) is 21.7. The Balaban J connectivity index is 1.55. The van der Waals surface area contributed by atoms with Gasteiger partial charge in [-0.1, -0.05) is 53.7 Å². The van der Waals surface area contributed by atoms with Crippen LogP contribution in [-0.2, 0) is 0 Å². The minimum atomic E-state index is -0.427. The average Bonchev–Trinajstić information content (AvgIpc) is 3.16. The molecule has 0 aliphatic heterocycles. The zero-order chi connectivity index (χ0) is 19.5. The Morgan fingerprint density at radius 1 is 0.857 bits per heavy atom. The molecule has 0 unspecified atom stereocenters. The van der Waals surface area contributed by atoms with Crippen LogP contribution in [0.2, 0.25) is 0 Å². The third kappa shape index (κ3) is 3.35. The first-order valence-corrected chi connectivity index (χ1v) is 8.74. The number of benzene rings is 3. The monoisotopic (exact) mass is 371 g/mol. The van der Waals surface area contributed by atoms with Crippen LogP contribution in [0.3, 0.4) is 0 Å². The van der Waals surface area contributed by atoms with Crippen molar-refractivity contribution in [3.8, 4) is 11.3 Å². The molecule has 2 N–H and O–H groups in total. The molecule has 0 radical (unpaired) electrons. The lowest BCUT2D eigenvalue weighted by molar-refractivity contribution is 0.0846. The lowest BCUT2D eigenvalue weighted by Gasteiger charge is -2.09. The van der Waals surface area contributed by atoms with Crippen LogP contribution in [0, 0.1) is 6.92 Å². The van der Waals surface area contributed by atoms with Gasteiger partial charge >= 0.3 is 0 Å². The fraction of sp³-hybridized carbons (Fsp3) is 0.0455. The number of aromatic nitrogens is 1. The van der Waals surface area contributed by atoms with Crippen LogP contribution in [0.1, 0.15) is 26.3 Å². The van der Waals surface area contributed by atoms with E-state index in [9.17, 15) is 9.59 Å². The number of amides is 2. The fourth-order valence-corrected chi connectivity index (χ4v) is 2.96. The number of hydrogen-bond donors (Lipinski definition) is 2. The molecule has 1 heterocycles. The Hall–Kier alpha value is -3.93. The number of aryl methyl sites for hydroxylation is 1. The summed E-state index contributed by atoms with van der Waals surface area (Å²) in [7, 11) is 0. The normalized spacial score (nSPS) is 10.6. The summed E-state index contributed by atoms with van der Waals surface area (Å²) in [5.74, 6) is -0.208. The number of carbonyl (C=O) groups excluding carboxylic acids is 2. The molecular weight excluding hydrogens is 354 g/mol. The Kier molecular flexibility index (Phi) is 4.60. The van der Waals surface area contributed by atoms with E-state index in [1.807, 2.05) is 49.4 Å². The smallest absolute Gasteiger partial charge is 0.269 e. The maximum Gasteiger partial charge on any atom is 0.269 e. The Morgan fingerprint density at radius 3 is 2.36 bits per heavy atom. The van der Waals surface area contributed by atoms with Crippen molar-refractivity contribution >= 4 is 22.7 Å². The topological polar surface area (TPSA) is 84.2 Å². The molecule has 6 heteroatoms. The van der Waals surface area contributed by atoms with Gasteiger partial charge in [-0.3, -0.25) is 20.4 Å². The molecule has 0 spiro atoms. The molecule has 1 aromatic heterocycles. The van der Waals surface area contributed by atoms with Crippen LogP contribution in [0.15, 0.2) is 77.3 Å². The van der Waals surface area contributed by atoms with Gasteiger partial charge in [-0.05, 0) is 36.8 Å². The zero-order valence-electron chi connectivity index (χ0n) is 15.1. The second-order valence-corrected chi connectivity index (χ2v) is 6.33. The van der Waals surface area contributed by atoms with Crippen molar-refractivity contribution in [1.82, 2.24) is 16.0 Å². The van der Waals surface area contributed by atoms with E-state index in [1.54, 1.807) is 30.3 Å². The van der Waals surface area contributed by atoms with E-state index in [2.05, 4.69) is 16.0 Å². The van der Waals surface area contributed by atoms with Gasteiger partial charge in [0, 0.05) is 16.7 Å². The Morgan fingerprint density at radius 2 is 1.57 bits per heavy atom. The van der Waals surface area contributed by atoms with Crippen molar-refractivity contribution < 1.29 is 14.1 Å². The Labute approximate surface area is 161 Å². The van der Waals surface area contributed by atoms with Gasteiger partial charge in [-0.25, -0.2) is 0 Å². The van der Waals surface area contributed by atoms with E-state index in [0.29, 0.717) is 22.4 Å². The van der Waals surface area contributed by atoms with Crippen molar-refractivity contribution in [2.45, 2.75) is 6.92 Å². The van der Waals surface area contributed by atoms with Crippen LogP contribution >= 0.6 is 0 Å². The lowest BCUT2D eigenvalue weighted by Crippen LogP contribution is -2.41. The molecule has 0 saturated heterocycles. The molecule has 28 heavy (non-hydrogen) atoms. The Bertz CT molecular complexity index is 1170. The van der Waals surface area contributed by atoms with Crippen LogP contribution < -0.4 is 10.9 Å². The van der Waals surface area contributed by atoms with Gasteiger partial charge in [0.05, 0.1) is 5.39 Å². The van der Waals surface area contributed by atoms with Gasteiger partial charge in [-0.15, -0.1) is 0 Å². The minimum Gasteiger partial charge on any atom is -0.355 e. The van der Waals surface area contributed by atoms with Gasteiger partial charge < -0.3 is 4.52 Å². The van der Waals surface area contributed by atoms with E-state index < -0.39 is 5.91 Å². The number of nitrogens with zero attached hydrogens (tertiary/aromatic N) is 1. The molecule has 138 valence electrons. The first-order chi connectivity index (χ1) is 13.6. The molecule has 0 fully saturated rings. The average molecular weight is 371 g/mol. The van der Waals surface area contributed by atoms with Gasteiger partial charge in [0.1, 0.15) is 5.52 Å². The van der Waals surface area contributed by atoms with Crippen molar-refractivity contribution in [2.75, 3.05) is 0 Å². The maximum atomic E-state index is 12.5.